The van der Waals surface area contributed by atoms with Crippen molar-refractivity contribution in [2.45, 2.75) is 58.7 Å². The molecular weight excluding hydrogens is 292 g/mol. The predicted octanol–water partition coefficient (Wildman–Crippen LogP) is 3.01. The van der Waals surface area contributed by atoms with E-state index in [0.29, 0.717) is 6.54 Å². The molecule has 5 heteroatoms. The Labute approximate surface area is 138 Å². The van der Waals surface area contributed by atoms with E-state index in [-0.39, 0.29) is 11.6 Å². The first-order valence-electron chi connectivity index (χ1n) is 8.11. The Morgan fingerprint density at radius 1 is 1.26 bits per heavy atom. The molecule has 1 amide bonds. The molecule has 0 unspecified atom stereocenters. The van der Waals surface area contributed by atoms with E-state index < -0.39 is 5.60 Å². The summed E-state index contributed by atoms with van der Waals surface area (Å²) in [6.07, 6.45) is 0.591. The van der Waals surface area contributed by atoms with Gasteiger partial charge in [-0.05, 0) is 51.8 Å². The van der Waals surface area contributed by atoms with Crippen molar-refractivity contribution in [2.75, 3.05) is 13.2 Å². The molecule has 1 aromatic carbocycles. The van der Waals surface area contributed by atoms with E-state index in [9.17, 15) is 4.79 Å². The van der Waals surface area contributed by atoms with E-state index in [0.717, 1.165) is 25.3 Å². The molecule has 23 heavy (non-hydrogen) atoms. The fourth-order valence-electron chi connectivity index (χ4n) is 2.49. The summed E-state index contributed by atoms with van der Waals surface area (Å²) in [5.74, 6) is 1.00. The summed E-state index contributed by atoms with van der Waals surface area (Å²) < 4.78 is 10.8. The molecule has 0 atom stereocenters. The van der Waals surface area contributed by atoms with Gasteiger partial charge in [0, 0.05) is 19.5 Å². The molecule has 2 N–H and O–H groups in total. The van der Waals surface area contributed by atoms with E-state index in [1.165, 1.54) is 11.1 Å². The second-order valence-electron chi connectivity index (χ2n) is 7.65. The van der Waals surface area contributed by atoms with Gasteiger partial charge in [-0.1, -0.05) is 12.1 Å². The minimum absolute atomic E-state index is 0.387. The Bertz CT molecular complexity index is 562. The predicted molar refractivity (Wildman–Crippen MR) is 90.8 cm³/mol. The highest BCUT2D eigenvalue weighted by Crippen LogP contribution is 2.25. The van der Waals surface area contributed by atoms with Gasteiger partial charge in [0.1, 0.15) is 11.4 Å². The number of ether oxygens (including phenoxy) is 2. The van der Waals surface area contributed by atoms with Gasteiger partial charge in [0.05, 0.1) is 12.1 Å². The van der Waals surface area contributed by atoms with Crippen LogP contribution in [0.1, 0.15) is 45.7 Å². The van der Waals surface area contributed by atoms with E-state index >= 15 is 0 Å². The molecule has 0 aliphatic carbocycles. The highest BCUT2D eigenvalue weighted by molar-refractivity contribution is 5.68. The topological polar surface area (TPSA) is 59.6 Å². The van der Waals surface area contributed by atoms with Gasteiger partial charge >= 0.3 is 6.09 Å². The fourth-order valence-corrected chi connectivity index (χ4v) is 2.49. The molecule has 0 saturated heterocycles. The number of benzene rings is 1. The summed E-state index contributed by atoms with van der Waals surface area (Å²) in [7, 11) is 0. The normalized spacial score (nSPS) is 14.1. The SMILES string of the molecule is CC(C)(CNCc1ccc2c(c1)CCO2)NC(=O)OC(C)(C)C. The van der Waals surface area contributed by atoms with Crippen LogP contribution >= 0.6 is 0 Å². The van der Waals surface area contributed by atoms with Gasteiger partial charge in [-0.25, -0.2) is 4.79 Å². The molecule has 0 aromatic heterocycles. The van der Waals surface area contributed by atoms with Crippen LogP contribution in [-0.4, -0.2) is 30.4 Å². The average Bonchev–Trinajstić information content (AvgIpc) is 2.82. The molecule has 0 fully saturated rings. The molecule has 1 aliphatic rings. The number of hydrogen-bond acceptors (Lipinski definition) is 4. The number of alkyl carbamates (subject to hydrolysis) is 1. The van der Waals surface area contributed by atoms with Crippen LogP contribution in [0.4, 0.5) is 4.79 Å². The summed E-state index contributed by atoms with van der Waals surface area (Å²) >= 11 is 0. The van der Waals surface area contributed by atoms with Crippen LogP contribution in [0.15, 0.2) is 18.2 Å². The van der Waals surface area contributed by atoms with E-state index in [4.69, 9.17) is 9.47 Å². The number of hydrogen-bond donors (Lipinski definition) is 2. The first-order chi connectivity index (χ1) is 10.6. The third kappa shape index (κ3) is 5.75. The number of fused-ring (bicyclic) bond motifs is 1. The highest BCUT2D eigenvalue weighted by Gasteiger charge is 2.24. The molecule has 0 saturated carbocycles. The lowest BCUT2D eigenvalue weighted by Gasteiger charge is -2.29. The molecular formula is C18H28N2O3. The zero-order chi connectivity index (χ0) is 17.1. The van der Waals surface area contributed by atoms with Crippen LogP contribution in [-0.2, 0) is 17.7 Å². The quantitative estimate of drug-likeness (QED) is 0.875. The summed E-state index contributed by atoms with van der Waals surface area (Å²) in [6.45, 7) is 11.7. The first-order valence-corrected chi connectivity index (χ1v) is 8.11. The Balaban J connectivity index is 1.79. The van der Waals surface area contributed by atoms with Crippen molar-refractivity contribution in [1.29, 1.82) is 0 Å². The van der Waals surface area contributed by atoms with E-state index in [2.05, 4.69) is 22.8 Å². The van der Waals surface area contributed by atoms with Gasteiger partial charge in [0.25, 0.3) is 0 Å². The molecule has 0 spiro atoms. The van der Waals surface area contributed by atoms with Crippen molar-refractivity contribution in [3.05, 3.63) is 29.3 Å². The summed E-state index contributed by atoms with van der Waals surface area (Å²) in [5.41, 5.74) is 1.63. The van der Waals surface area contributed by atoms with Crippen LogP contribution in [0.5, 0.6) is 5.75 Å². The highest BCUT2D eigenvalue weighted by atomic mass is 16.6. The number of nitrogens with one attached hydrogen (secondary N) is 2. The molecule has 128 valence electrons. The lowest BCUT2D eigenvalue weighted by atomic mass is 10.1. The van der Waals surface area contributed by atoms with Crippen molar-refractivity contribution in [3.63, 3.8) is 0 Å². The van der Waals surface area contributed by atoms with Gasteiger partial charge in [-0.3, -0.25) is 0 Å². The number of amides is 1. The Kier molecular flexibility index (Phi) is 5.19. The first kappa shape index (κ1) is 17.6. The number of carbonyl (C=O) groups is 1. The zero-order valence-corrected chi connectivity index (χ0v) is 14.8. The van der Waals surface area contributed by atoms with Crippen LogP contribution in [0.25, 0.3) is 0 Å². The third-order valence-electron chi connectivity index (χ3n) is 3.49. The standard InChI is InChI=1S/C18H28N2O3/c1-17(2,3)23-16(21)20-18(4,5)12-19-11-13-6-7-15-14(10-13)8-9-22-15/h6-7,10,19H,8-9,11-12H2,1-5H3,(H,20,21). The van der Waals surface area contributed by atoms with Crippen molar-refractivity contribution in [3.8, 4) is 5.75 Å². The minimum atomic E-state index is -0.486. The third-order valence-corrected chi connectivity index (χ3v) is 3.49. The van der Waals surface area contributed by atoms with E-state index in [1.807, 2.05) is 40.7 Å². The Morgan fingerprint density at radius 2 is 2.00 bits per heavy atom. The Hall–Kier alpha value is -1.75. The van der Waals surface area contributed by atoms with Crippen LogP contribution < -0.4 is 15.4 Å². The largest absolute Gasteiger partial charge is 0.493 e. The number of carbonyl (C=O) groups excluding carboxylic acids is 1. The molecule has 1 heterocycles. The minimum Gasteiger partial charge on any atom is -0.493 e. The second-order valence-corrected chi connectivity index (χ2v) is 7.65. The van der Waals surface area contributed by atoms with Crippen molar-refractivity contribution < 1.29 is 14.3 Å². The van der Waals surface area contributed by atoms with Crippen LogP contribution in [0, 0.1) is 0 Å². The average molecular weight is 320 g/mol. The van der Waals surface area contributed by atoms with Crippen molar-refractivity contribution in [2.24, 2.45) is 0 Å². The lowest BCUT2D eigenvalue weighted by Crippen LogP contribution is -2.51. The molecule has 5 nitrogen and oxygen atoms in total. The van der Waals surface area contributed by atoms with Gasteiger partial charge in [0.2, 0.25) is 0 Å². The summed E-state index contributed by atoms with van der Waals surface area (Å²) in [5, 5.41) is 6.29. The second kappa shape index (κ2) is 6.79. The fraction of sp³-hybridized carbons (Fsp3) is 0.611. The van der Waals surface area contributed by atoms with Crippen LogP contribution in [0.2, 0.25) is 0 Å². The number of rotatable bonds is 5. The Morgan fingerprint density at radius 3 is 2.70 bits per heavy atom. The zero-order valence-electron chi connectivity index (χ0n) is 14.8. The van der Waals surface area contributed by atoms with Crippen LogP contribution in [0.3, 0.4) is 0 Å². The molecule has 2 rings (SSSR count). The van der Waals surface area contributed by atoms with E-state index in [1.54, 1.807) is 0 Å². The molecule has 0 bridgehead atoms. The lowest BCUT2D eigenvalue weighted by molar-refractivity contribution is 0.0472. The maximum absolute atomic E-state index is 11.9. The maximum atomic E-state index is 11.9. The van der Waals surface area contributed by atoms with Crippen molar-refractivity contribution in [1.82, 2.24) is 10.6 Å². The summed E-state index contributed by atoms with van der Waals surface area (Å²) in [6, 6.07) is 6.29. The molecule has 1 aliphatic heterocycles. The van der Waals surface area contributed by atoms with Gasteiger partial charge in [-0.15, -0.1) is 0 Å². The van der Waals surface area contributed by atoms with Crippen molar-refractivity contribution >= 4 is 6.09 Å². The smallest absolute Gasteiger partial charge is 0.408 e. The van der Waals surface area contributed by atoms with Gasteiger partial charge in [0.15, 0.2) is 0 Å². The monoisotopic (exact) mass is 320 g/mol. The maximum Gasteiger partial charge on any atom is 0.408 e. The van der Waals surface area contributed by atoms with Gasteiger partial charge < -0.3 is 20.1 Å². The molecule has 1 aromatic rings. The summed E-state index contributed by atoms with van der Waals surface area (Å²) in [4.78, 5) is 11.9. The molecule has 0 radical (unpaired) electrons. The van der Waals surface area contributed by atoms with Gasteiger partial charge in [-0.2, -0.15) is 0 Å².